The van der Waals surface area contributed by atoms with Gasteiger partial charge in [0, 0.05) is 26.1 Å². The number of hydrogen-bond acceptors (Lipinski definition) is 6. The van der Waals surface area contributed by atoms with Gasteiger partial charge in [0.1, 0.15) is 5.92 Å². The number of hydrogen-bond donors (Lipinski definition) is 2. The molecule has 1 aliphatic heterocycles. The molecule has 186 valence electrons. The first kappa shape index (κ1) is 26.7. The van der Waals surface area contributed by atoms with Crippen LogP contribution in [-0.4, -0.2) is 56.5 Å². The molecule has 1 heterocycles. The van der Waals surface area contributed by atoms with Crippen molar-refractivity contribution >= 4 is 56.7 Å². The van der Waals surface area contributed by atoms with E-state index in [1.165, 1.54) is 24.3 Å². The van der Waals surface area contributed by atoms with Crippen molar-refractivity contribution in [3.8, 4) is 0 Å². The summed E-state index contributed by atoms with van der Waals surface area (Å²) in [4.78, 5) is 50.1. The molecule has 0 saturated carbocycles. The second-order valence-corrected chi connectivity index (χ2v) is 10.4. The van der Waals surface area contributed by atoms with E-state index in [1.54, 1.807) is 18.2 Å². The van der Waals surface area contributed by atoms with Crippen LogP contribution in [0.4, 0.5) is 0 Å². The molecule has 2 aromatic rings. The summed E-state index contributed by atoms with van der Waals surface area (Å²) < 4.78 is 26.3. The lowest BCUT2D eigenvalue weighted by atomic mass is 10.1. The molecule has 1 fully saturated rings. The third kappa shape index (κ3) is 7.03. The highest BCUT2D eigenvalue weighted by atomic mass is 35.5. The molecule has 1 unspecified atom stereocenters. The molecule has 1 aliphatic rings. The van der Waals surface area contributed by atoms with Crippen LogP contribution in [0.2, 0.25) is 10.0 Å². The van der Waals surface area contributed by atoms with Crippen LogP contribution < -0.4 is 10.0 Å². The Morgan fingerprint density at radius 3 is 2.43 bits per heavy atom. The molecule has 0 spiro atoms. The molecule has 2 N–H and O–H groups in total. The summed E-state index contributed by atoms with van der Waals surface area (Å²) in [5.41, 5.74) is 0.944. The number of amides is 3. The van der Waals surface area contributed by atoms with E-state index >= 15 is 0 Å². The van der Waals surface area contributed by atoms with Crippen LogP contribution in [0.15, 0.2) is 53.4 Å². The number of aryl methyl sites for hydroxylation is 1. The molecule has 0 aliphatic carbocycles. The molecule has 0 bridgehead atoms. The fourth-order valence-electron chi connectivity index (χ4n) is 3.50. The number of ketones is 1. The lowest BCUT2D eigenvalue weighted by molar-refractivity contribution is -0.142. The molecule has 0 aromatic heterocycles. The number of carbonyl (C=O) groups is 4. The van der Waals surface area contributed by atoms with Crippen LogP contribution >= 0.6 is 23.2 Å². The molecule has 1 atom stereocenters. The second-order valence-electron chi connectivity index (χ2n) is 7.90. The molecule has 12 heteroatoms. The Labute approximate surface area is 212 Å². The molecular formula is C23H23Cl2N3O6S. The standard InChI is InChI=1S/C23H23Cl2N3O6S/c24-18-9-8-15(13-19(18)25)5-4-11-26-22(31)17-14-28(23(32)21(17)30)12-10-20(29)27-35(33,34)16-6-2-1-3-7-16/h1-3,6-9,13,17H,4-5,10-12,14H2,(H,26,31)(H,27,29). The van der Waals surface area contributed by atoms with Gasteiger partial charge in [0.15, 0.2) is 0 Å². The fourth-order valence-corrected chi connectivity index (χ4v) is 4.86. The van der Waals surface area contributed by atoms with E-state index in [0.717, 1.165) is 10.5 Å². The monoisotopic (exact) mass is 539 g/mol. The van der Waals surface area contributed by atoms with Crippen LogP contribution in [-0.2, 0) is 35.6 Å². The smallest absolute Gasteiger partial charge is 0.290 e. The Balaban J connectivity index is 1.44. The van der Waals surface area contributed by atoms with E-state index < -0.39 is 39.4 Å². The maximum absolute atomic E-state index is 12.4. The van der Waals surface area contributed by atoms with Crippen LogP contribution in [0, 0.1) is 5.92 Å². The van der Waals surface area contributed by atoms with Gasteiger partial charge in [0.2, 0.25) is 17.6 Å². The third-order valence-corrected chi connectivity index (χ3v) is 7.50. The van der Waals surface area contributed by atoms with Gasteiger partial charge in [-0.15, -0.1) is 0 Å². The van der Waals surface area contributed by atoms with Crippen LogP contribution in [0.25, 0.3) is 0 Å². The molecule has 3 rings (SSSR count). The van der Waals surface area contributed by atoms with Crippen molar-refractivity contribution in [2.75, 3.05) is 19.6 Å². The van der Waals surface area contributed by atoms with Crippen LogP contribution in [0.5, 0.6) is 0 Å². The van der Waals surface area contributed by atoms with E-state index in [0.29, 0.717) is 22.9 Å². The SMILES string of the molecule is O=C(CCN1CC(C(=O)NCCCc2ccc(Cl)c(Cl)c2)C(=O)C1=O)NS(=O)(=O)c1ccccc1. The number of likely N-dealkylation sites (tertiary alicyclic amines) is 1. The molecule has 0 radical (unpaired) electrons. The zero-order valence-corrected chi connectivity index (χ0v) is 20.8. The summed E-state index contributed by atoms with van der Waals surface area (Å²) in [5, 5.41) is 3.54. The highest BCUT2D eigenvalue weighted by Gasteiger charge is 2.42. The number of Topliss-reactive ketones (excluding diaryl/α,β-unsaturated/α-hetero) is 1. The first-order valence-electron chi connectivity index (χ1n) is 10.7. The van der Waals surface area contributed by atoms with Gasteiger partial charge in [-0.2, -0.15) is 0 Å². The quantitative estimate of drug-likeness (QED) is 0.269. The summed E-state index contributed by atoms with van der Waals surface area (Å²) in [5.74, 6) is -4.31. The first-order valence-corrected chi connectivity index (χ1v) is 13.0. The van der Waals surface area contributed by atoms with Crippen molar-refractivity contribution in [3.63, 3.8) is 0 Å². The van der Waals surface area contributed by atoms with Crippen molar-refractivity contribution in [2.24, 2.45) is 5.92 Å². The number of carbonyl (C=O) groups excluding carboxylic acids is 4. The van der Waals surface area contributed by atoms with Gasteiger partial charge in [-0.3, -0.25) is 19.2 Å². The predicted octanol–water partition coefficient (Wildman–Crippen LogP) is 1.96. The summed E-state index contributed by atoms with van der Waals surface area (Å²) >= 11 is 11.9. The fraction of sp³-hybridized carbons (Fsp3) is 0.304. The highest BCUT2D eigenvalue weighted by Crippen LogP contribution is 2.23. The normalized spacial score (nSPS) is 15.8. The van der Waals surface area contributed by atoms with Crippen molar-refractivity contribution in [1.82, 2.24) is 14.9 Å². The Morgan fingerprint density at radius 1 is 1.03 bits per heavy atom. The Hall–Kier alpha value is -2.95. The van der Waals surface area contributed by atoms with Gasteiger partial charge in [-0.05, 0) is 42.7 Å². The van der Waals surface area contributed by atoms with E-state index in [2.05, 4.69) is 5.32 Å². The minimum Gasteiger partial charge on any atom is -0.355 e. The molecule has 3 amide bonds. The highest BCUT2D eigenvalue weighted by molar-refractivity contribution is 7.90. The number of nitrogens with zero attached hydrogens (tertiary/aromatic N) is 1. The van der Waals surface area contributed by atoms with Gasteiger partial charge in [-0.25, -0.2) is 13.1 Å². The Bertz CT molecular complexity index is 1240. The second kappa shape index (κ2) is 11.7. The zero-order valence-electron chi connectivity index (χ0n) is 18.5. The van der Waals surface area contributed by atoms with Crippen LogP contribution in [0.1, 0.15) is 18.4 Å². The molecule has 2 aromatic carbocycles. The van der Waals surface area contributed by atoms with Crippen molar-refractivity contribution in [3.05, 3.63) is 64.1 Å². The van der Waals surface area contributed by atoms with Gasteiger partial charge in [-0.1, -0.05) is 47.5 Å². The number of nitrogens with one attached hydrogen (secondary N) is 2. The van der Waals surface area contributed by atoms with Gasteiger partial charge in [0.05, 0.1) is 14.9 Å². The predicted molar refractivity (Wildman–Crippen MR) is 129 cm³/mol. The number of rotatable bonds is 10. The molecule has 35 heavy (non-hydrogen) atoms. The lowest BCUT2D eigenvalue weighted by Crippen LogP contribution is -2.36. The molecular weight excluding hydrogens is 517 g/mol. The van der Waals surface area contributed by atoms with E-state index in [1.807, 2.05) is 10.8 Å². The third-order valence-electron chi connectivity index (χ3n) is 5.37. The average molecular weight is 540 g/mol. The summed E-state index contributed by atoms with van der Waals surface area (Å²) in [6.45, 7) is -0.0758. The topological polar surface area (TPSA) is 130 Å². The van der Waals surface area contributed by atoms with Gasteiger partial charge in [0.25, 0.3) is 15.9 Å². The van der Waals surface area contributed by atoms with Crippen molar-refractivity contribution in [2.45, 2.75) is 24.2 Å². The maximum atomic E-state index is 12.4. The minimum atomic E-state index is -4.04. The molecule has 1 saturated heterocycles. The zero-order chi connectivity index (χ0) is 25.6. The minimum absolute atomic E-state index is 0.0725. The summed E-state index contributed by atoms with van der Waals surface area (Å²) in [7, 11) is -4.04. The maximum Gasteiger partial charge on any atom is 0.290 e. The first-order chi connectivity index (χ1) is 16.6. The number of benzene rings is 2. The summed E-state index contributed by atoms with van der Waals surface area (Å²) in [6.07, 6.45) is 0.864. The lowest BCUT2D eigenvalue weighted by Gasteiger charge is -2.15. The molecule has 9 nitrogen and oxygen atoms in total. The van der Waals surface area contributed by atoms with Gasteiger partial charge < -0.3 is 10.2 Å². The largest absolute Gasteiger partial charge is 0.355 e. The van der Waals surface area contributed by atoms with E-state index in [-0.39, 0.29) is 31.0 Å². The van der Waals surface area contributed by atoms with Crippen LogP contribution in [0.3, 0.4) is 0 Å². The Morgan fingerprint density at radius 2 is 1.74 bits per heavy atom. The van der Waals surface area contributed by atoms with E-state index in [4.69, 9.17) is 23.2 Å². The van der Waals surface area contributed by atoms with Gasteiger partial charge >= 0.3 is 0 Å². The number of halogens is 2. The Kier molecular flexibility index (Phi) is 8.87. The van der Waals surface area contributed by atoms with Crippen molar-refractivity contribution < 1.29 is 27.6 Å². The van der Waals surface area contributed by atoms with E-state index in [9.17, 15) is 27.6 Å². The summed E-state index contributed by atoms with van der Waals surface area (Å²) in [6, 6.07) is 12.6. The van der Waals surface area contributed by atoms with Crippen molar-refractivity contribution in [1.29, 1.82) is 0 Å². The average Bonchev–Trinajstić information content (AvgIpc) is 3.11. The number of sulfonamides is 1.